The number of carbonyl (C=O) groups is 1. The summed E-state index contributed by atoms with van der Waals surface area (Å²) in [6.45, 7) is 5.19. The molecule has 4 aromatic rings. The number of aromatic carboxylic acids is 1. The Balaban J connectivity index is 1.75. The van der Waals surface area contributed by atoms with Crippen LogP contribution in [-0.2, 0) is 4.74 Å². The van der Waals surface area contributed by atoms with Gasteiger partial charge in [-0.3, -0.25) is 0 Å². The molecule has 9 nitrogen and oxygen atoms in total. The number of nitrogens with zero attached hydrogens (tertiary/aromatic N) is 4. The second-order valence-corrected chi connectivity index (χ2v) is 8.16. The normalized spacial score (nSPS) is 14.6. The van der Waals surface area contributed by atoms with Crippen molar-refractivity contribution in [3.8, 4) is 28.0 Å². The first-order chi connectivity index (χ1) is 16.0. The molecule has 1 N–H and O–H groups in total. The number of methoxy groups -OCH3 is 1. The van der Waals surface area contributed by atoms with Crippen molar-refractivity contribution in [3.05, 3.63) is 47.9 Å². The van der Waals surface area contributed by atoms with Crippen LogP contribution in [0.25, 0.3) is 33.3 Å². The quantitative estimate of drug-likeness (QED) is 0.477. The summed E-state index contributed by atoms with van der Waals surface area (Å²) in [5.74, 6) is 0.0622. The first-order valence-corrected chi connectivity index (χ1v) is 10.8. The van der Waals surface area contributed by atoms with Crippen molar-refractivity contribution < 1.29 is 23.9 Å². The molecule has 0 spiro atoms. The van der Waals surface area contributed by atoms with Crippen LogP contribution in [0.1, 0.15) is 40.8 Å². The van der Waals surface area contributed by atoms with Gasteiger partial charge in [-0.05, 0) is 32.8 Å². The molecule has 5 heterocycles. The number of aryl methyl sites for hydroxylation is 2. The average molecular weight is 448 g/mol. The molecule has 1 fully saturated rings. The Hall–Kier alpha value is -3.72. The second-order valence-electron chi connectivity index (χ2n) is 8.16. The molecule has 170 valence electrons. The van der Waals surface area contributed by atoms with Crippen LogP contribution in [-0.4, -0.2) is 51.1 Å². The number of ether oxygens (including phenoxy) is 2. The summed E-state index contributed by atoms with van der Waals surface area (Å²) >= 11 is 0. The molecular weight excluding hydrogens is 424 g/mol. The topological polar surface area (TPSA) is 112 Å². The molecule has 0 amide bonds. The van der Waals surface area contributed by atoms with Gasteiger partial charge in [0.1, 0.15) is 17.2 Å². The zero-order valence-corrected chi connectivity index (χ0v) is 18.7. The van der Waals surface area contributed by atoms with Crippen molar-refractivity contribution in [2.45, 2.75) is 32.7 Å². The van der Waals surface area contributed by atoms with Crippen LogP contribution in [0.4, 0.5) is 0 Å². The Morgan fingerprint density at radius 3 is 2.61 bits per heavy atom. The van der Waals surface area contributed by atoms with Gasteiger partial charge in [-0.2, -0.15) is 0 Å². The maximum absolute atomic E-state index is 11.4. The molecule has 0 atom stereocenters. The number of pyridine rings is 2. The highest BCUT2D eigenvalue weighted by Gasteiger charge is 2.24. The standard InChI is InChI=1S/C24H24N4O5/c1-13-22(14(2)33-27-13)15-8-17-19(18-11-25-20(24(29)30)9-21(18)31-3)12-28(23(17)26-10-15)16-4-6-32-7-5-16/h8-12,16H,4-7H2,1-3H3,(H,29,30). The first-order valence-electron chi connectivity index (χ1n) is 10.8. The van der Waals surface area contributed by atoms with E-state index in [1.54, 1.807) is 6.20 Å². The molecule has 0 unspecified atom stereocenters. The molecule has 5 rings (SSSR count). The van der Waals surface area contributed by atoms with Gasteiger partial charge in [0.25, 0.3) is 0 Å². The molecule has 33 heavy (non-hydrogen) atoms. The monoisotopic (exact) mass is 448 g/mol. The molecule has 4 aromatic heterocycles. The van der Waals surface area contributed by atoms with Crippen LogP contribution >= 0.6 is 0 Å². The average Bonchev–Trinajstić information content (AvgIpc) is 3.38. The lowest BCUT2D eigenvalue weighted by molar-refractivity contribution is 0.0689. The fourth-order valence-electron chi connectivity index (χ4n) is 4.54. The number of hydrogen-bond acceptors (Lipinski definition) is 7. The Morgan fingerprint density at radius 2 is 1.94 bits per heavy atom. The van der Waals surface area contributed by atoms with E-state index < -0.39 is 5.97 Å². The molecular formula is C24H24N4O5. The summed E-state index contributed by atoms with van der Waals surface area (Å²) in [6, 6.07) is 3.77. The molecule has 0 aromatic carbocycles. The van der Waals surface area contributed by atoms with Crippen LogP contribution < -0.4 is 4.74 Å². The number of rotatable bonds is 5. The highest BCUT2D eigenvalue weighted by Crippen LogP contribution is 2.40. The third kappa shape index (κ3) is 3.64. The lowest BCUT2D eigenvalue weighted by Crippen LogP contribution is -2.19. The van der Waals surface area contributed by atoms with Gasteiger partial charge in [-0.15, -0.1) is 0 Å². The van der Waals surface area contributed by atoms with E-state index in [1.807, 2.05) is 20.0 Å². The number of aromatic nitrogens is 4. The van der Waals surface area contributed by atoms with Gasteiger partial charge < -0.3 is 23.7 Å². The van der Waals surface area contributed by atoms with Crippen molar-refractivity contribution in [2.24, 2.45) is 0 Å². The van der Waals surface area contributed by atoms with Gasteiger partial charge in [0.05, 0.1) is 12.8 Å². The molecule has 9 heteroatoms. The first kappa shape index (κ1) is 21.1. The van der Waals surface area contributed by atoms with Gasteiger partial charge >= 0.3 is 5.97 Å². The SMILES string of the molecule is COc1cc(C(=O)O)ncc1-c1cn(C2CCOCC2)c2ncc(-c3c(C)noc3C)cc12. The summed E-state index contributed by atoms with van der Waals surface area (Å²) in [6.07, 6.45) is 7.24. The molecule has 1 aliphatic heterocycles. The van der Waals surface area contributed by atoms with Crippen molar-refractivity contribution >= 4 is 17.0 Å². The van der Waals surface area contributed by atoms with E-state index in [4.69, 9.17) is 19.0 Å². The molecule has 1 aliphatic rings. The molecule has 0 saturated carbocycles. The number of hydrogen-bond donors (Lipinski definition) is 1. The Morgan fingerprint density at radius 1 is 1.15 bits per heavy atom. The Labute approximate surface area is 190 Å². The summed E-state index contributed by atoms with van der Waals surface area (Å²) in [5.41, 5.74) is 4.97. The lowest BCUT2D eigenvalue weighted by atomic mass is 10.0. The van der Waals surface area contributed by atoms with Gasteiger partial charge in [0, 0.05) is 71.6 Å². The maximum Gasteiger partial charge on any atom is 0.354 e. The number of carboxylic acids is 1. The minimum absolute atomic E-state index is 0.0710. The highest BCUT2D eigenvalue weighted by atomic mass is 16.5. The van der Waals surface area contributed by atoms with E-state index in [2.05, 4.69) is 27.0 Å². The van der Waals surface area contributed by atoms with Crippen LogP contribution in [0.15, 0.2) is 35.2 Å². The molecule has 1 saturated heterocycles. The van der Waals surface area contributed by atoms with Crippen molar-refractivity contribution in [2.75, 3.05) is 20.3 Å². The number of fused-ring (bicyclic) bond motifs is 1. The predicted molar refractivity (Wildman–Crippen MR) is 121 cm³/mol. The summed E-state index contributed by atoms with van der Waals surface area (Å²) in [7, 11) is 1.52. The van der Waals surface area contributed by atoms with E-state index in [-0.39, 0.29) is 11.7 Å². The second kappa shape index (κ2) is 8.32. The predicted octanol–water partition coefficient (Wildman–Crippen LogP) is 4.43. The zero-order chi connectivity index (χ0) is 23.1. The highest BCUT2D eigenvalue weighted by molar-refractivity contribution is 5.98. The largest absolute Gasteiger partial charge is 0.496 e. The Kier molecular flexibility index (Phi) is 5.33. The van der Waals surface area contributed by atoms with Gasteiger partial charge in [0.2, 0.25) is 0 Å². The van der Waals surface area contributed by atoms with Crippen molar-refractivity contribution in [1.29, 1.82) is 0 Å². The van der Waals surface area contributed by atoms with E-state index in [0.29, 0.717) is 24.5 Å². The van der Waals surface area contributed by atoms with E-state index >= 15 is 0 Å². The number of carboxylic acid groups (broad SMARTS) is 1. The van der Waals surface area contributed by atoms with E-state index in [1.165, 1.54) is 13.2 Å². The Bertz CT molecular complexity index is 1330. The fraction of sp³-hybridized carbons (Fsp3) is 0.333. The maximum atomic E-state index is 11.4. The third-order valence-electron chi connectivity index (χ3n) is 6.17. The van der Waals surface area contributed by atoms with Crippen LogP contribution in [0.2, 0.25) is 0 Å². The van der Waals surface area contributed by atoms with Crippen molar-refractivity contribution in [1.82, 2.24) is 19.7 Å². The summed E-state index contributed by atoms with van der Waals surface area (Å²) < 4.78 is 18.7. The van der Waals surface area contributed by atoms with Crippen LogP contribution in [0.3, 0.4) is 0 Å². The van der Waals surface area contributed by atoms with E-state index in [9.17, 15) is 9.90 Å². The fourth-order valence-corrected chi connectivity index (χ4v) is 4.54. The third-order valence-corrected chi connectivity index (χ3v) is 6.17. The lowest BCUT2D eigenvalue weighted by Gasteiger charge is -2.24. The summed E-state index contributed by atoms with van der Waals surface area (Å²) in [5, 5.41) is 14.3. The van der Waals surface area contributed by atoms with Crippen molar-refractivity contribution in [3.63, 3.8) is 0 Å². The smallest absolute Gasteiger partial charge is 0.354 e. The van der Waals surface area contributed by atoms with Gasteiger partial charge in [-0.1, -0.05) is 5.16 Å². The minimum atomic E-state index is -1.10. The minimum Gasteiger partial charge on any atom is -0.496 e. The van der Waals surface area contributed by atoms with E-state index in [0.717, 1.165) is 52.0 Å². The van der Waals surface area contributed by atoms with Gasteiger partial charge in [0.15, 0.2) is 5.69 Å². The summed E-state index contributed by atoms with van der Waals surface area (Å²) in [4.78, 5) is 20.4. The van der Waals surface area contributed by atoms with Crippen LogP contribution in [0.5, 0.6) is 5.75 Å². The zero-order valence-electron chi connectivity index (χ0n) is 18.7. The molecule has 0 radical (unpaired) electrons. The molecule has 0 aliphatic carbocycles. The van der Waals surface area contributed by atoms with Gasteiger partial charge in [-0.25, -0.2) is 14.8 Å². The molecule has 0 bridgehead atoms. The van der Waals surface area contributed by atoms with Crippen LogP contribution in [0, 0.1) is 13.8 Å².